The maximum Gasteiger partial charge on any atom is 0.166 e. The quantitative estimate of drug-likeness (QED) is 0.752. The molecule has 0 aliphatic heterocycles. The lowest BCUT2D eigenvalue weighted by Gasteiger charge is -2.15. The fourth-order valence-corrected chi connectivity index (χ4v) is 3.05. The molecule has 1 unspecified atom stereocenters. The van der Waals surface area contributed by atoms with Crippen LogP contribution >= 0.6 is 11.8 Å². The maximum atomic E-state index is 4.58. The summed E-state index contributed by atoms with van der Waals surface area (Å²) in [5.74, 6) is 1.07. The minimum absolute atomic E-state index is 0.582. The number of fused-ring (bicyclic) bond motifs is 1. The fourth-order valence-electron chi connectivity index (χ4n) is 2.06. The zero-order valence-electron chi connectivity index (χ0n) is 11.1. The highest BCUT2D eigenvalue weighted by Gasteiger charge is 2.09. The highest BCUT2D eigenvalue weighted by Crippen LogP contribution is 2.20. The molecule has 2 aromatic rings. The van der Waals surface area contributed by atoms with Crippen LogP contribution in [0.15, 0.2) is 29.4 Å². The number of imidazole rings is 1. The molecule has 0 aliphatic rings. The summed E-state index contributed by atoms with van der Waals surface area (Å²) in [6, 6.07) is 8.76. The minimum atomic E-state index is 0.582. The molecule has 3 nitrogen and oxygen atoms in total. The number of para-hydroxylation sites is 2. The SMILES string of the molecule is CCCC(CSc1nc2ccccc2[nH]1)NCC. The Morgan fingerprint density at radius 3 is 2.89 bits per heavy atom. The van der Waals surface area contributed by atoms with Crippen LogP contribution < -0.4 is 5.32 Å². The van der Waals surface area contributed by atoms with Crippen molar-refractivity contribution in [1.82, 2.24) is 15.3 Å². The zero-order chi connectivity index (χ0) is 12.8. The topological polar surface area (TPSA) is 40.7 Å². The van der Waals surface area contributed by atoms with Gasteiger partial charge in [-0.2, -0.15) is 0 Å². The van der Waals surface area contributed by atoms with Gasteiger partial charge in [-0.25, -0.2) is 4.98 Å². The molecule has 0 saturated carbocycles. The van der Waals surface area contributed by atoms with Crippen molar-refractivity contribution in [3.63, 3.8) is 0 Å². The first-order chi connectivity index (χ1) is 8.83. The monoisotopic (exact) mass is 263 g/mol. The molecule has 0 amide bonds. The standard InChI is InChI=1S/C14H21N3S/c1-3-7-11(15-4-2)10-18-14-16-12-8-5-6-9-13(12)17-14/h5-6,8-9,11,15H,3-4,7,10H2,1-2H3,(H,16,17). The summed E-state index contributed by atoms with van der Waals surface area (Å²) in [6.45, 7) is 5.43. The van der Waals surface area contributed by atoms with Crippen molar-refractivity contribution in [3.8, 4) is 0 Å². The predicted octanol–water partition coefficient (Wildman–Crippen LogP) is 3.43. The molecule has 2 N–H and O–H groups in total. The molecule has 18 heavy (non-hydrogen) atoms. The van der Waals surface area contributed by atoms with Gasteiger partial charge in [-0.1, -0.05) is 44.2 Å². The van der Waals surface area contributed by atoms with Gasteiger partial charge in [-0.15, -0.1) is 0 Å². The van der Waals surface area contributed by atoms with E-state index in [1.807, 2.05) is 18.2 Å². The Morgan fingerprint density at radius 1 is 1.33 bits per heavy atom. The second kappa shape index (κ2) is 6.81. The lowest BCUT2D eigenvalue weighted by atomic mass is 10.2. The predicted molar refractivity (Wildman–Crippen MR) is 79.2 cm³/mol. The number of hydrogen-bond acceptors (Lipinski definition) is 3. The molecule has 1 aromatic carbocycles. The summed E-state index contributed by atoms with van der Waals surface area (Å²) >= 11 is 1.80. The highest BCUT2D eigenvalue weighted by atomic mass is 32.2. The number of benzene rings is 1. The van der Waals surface area contributed by atoms with Gasteiger partial charge >= 0.3 is 0 Å². The summed E-state index contributed by atoms with van der Waals surface area (Å²) in [4.78, 5) is 7.94. The Labute approximate surface area is 113 Å². The Bertz CT molecular complexity index is 442. The van der Waals surface area contributed by atoms with Gasteiger partial charge in [-0.05, 0) is 25.1 Å². The van der Waals surface area contributed by atoms with Gasteiger partial charge in [-0.3, -0.25) is 0 Å². The Hall–Kier alpha value is -1.00. The molecule has 0 fully saturated rings. The number of aromatic amines is 1. The van der Waals surface area contributed by atoms with Gasteiger partial charge in [0.05, 0.1) is 11.0 Å². The van der Waals surface area contributed by atoms with Gasteiger partial charge in [0.1, 0.15) is 0 Å². The molecule has 0 bridgehead atoms. The van der Waals surface area contributed by atoms with E-state index in [0.717, 1.165) is 28.5 Å². The second-order valence-corrected chi connectivity index (χ2v) is 5.42. The first-order valence-corrected chi connectivity index (χ1v) is 7.63. The third-order valence-electron chi connectivity index (χ3n) is 2.92. The van der Waals surface area contributed by atoms with Crippen molar-refractivity contribution in [2.45, 2.75) is 37.9 Å². The van der Waals surface area contributed by atoms with Crippen molar-refractivity contribution >= 4 is 22.8 Å². The van der Waals surface area contributed by atoms with E-state index in [9.17, 15) is 0 Å². The van der Waals surface area contributed by atoms with Crippen LogP contribution in [0.1, 0.15) is 26.7 Å². The van der Waals surface area contributed by atoms with E-state index in [1.165, 1.54) is 12.8 Å². The highest BCUT2D eigenvalue weighted by molar-refractivity contribution is 7.99. The number of nitrogens with zero attached hydrogens (tertiary/aromatic N) is 1. The second-order valence-electron chi connectivity index (χ2n) is 4.41. The first kappa shape index (κ1) is 13.4. The molecule has 1 aromatic heterocycles. The van der Waals surface area contributed by atoms with E-state index >= 15 is 0 Å². The van der Waals surface area contributed by atoms with Gasteiger partial charge in [0.25, 0.3) is 0 Å². The summed E-state index contributed by atoms with van der Waals surface area (Å²) < 4.78 is 0. The molecule has 0 aliphatic carbocycles. The normalized spacial score (nSPS) is 13.0. The number of aromatic nitrogens is 2. The van der Waals surface area contributed by atoms with Crippen LogP contribution in [0.3, 0.4) is 0 Å². The van der Waals surface area contributed by atoms with Gasteiger partial charge in [0.2, 0.25) is 0 Å². The number of hydrogen-bond donors (Lipinski definition) is 2. The average molecular weight is 263 g/mol. The third-order valence-corrected chi connectivity index (χ3v) is 3.95. The van der Waals surface area contributed by atoms with E-state index in [4.69, 9.17) is 0 Å². The third kappa shape index (κ3) is 3.50. The molecule has 0 radical (unpaired) electrons. The fraction of sp³-hybridized carbons (Fsp3) is 0.500. The molecule has 1 atom stereocenters. The molecule has 98 valence electrons. The van der Waals surface area contributed by atoms with Crippen molar-refractivity contribution in [3.05, 3.63) is 24.3 Å². The van der Waals surface area contributed by atoms with Crippen molar-refractivity contribution in [2.75, 3.05) is 12.3 Å². The number of thioether (sulfide) groups is 1. The first-order valence-electron chi connectivity index (χ1n) is 6.64. The zero-order valence-corrected chi connectivity index (χ0v) is 11.9. The van der Waals surface area contributed by atoms with Crippen LogP contribution in [-0.4, -0.2) is 28.3 Å². The molecule has 0 saturated heterocycles. The summed E-state index contributed by atoms with van der Waals surface area (Å²) in [6.07, 6.45) is 2.44. The maximum absolute atomic E-state index is 4.58. The lowest BCUT2D eigenvalue weighted by molar-refractivity contribution is 0.531. The smallest absolute Gasteiger partial charge is 0.166 e. The number of rotatable bonds is 7. The Balaban J connectivity index is 1.95. The van der Waals surface area contributed by atoms with E-state index in [1.54, 1.807) is 11.8 Å². The minimum Gasteiger partial charge on any atom is -0.333 e. The molecule has 0 spiro atoms. The molecule has 2 rings (SSSR count). The molecular weight excluding hydrogens is 242 g/mol. The van der Waals surface area contributed by atoms with Crippen LogP contribution in [0.4, 0.5) is 0 Å². The largest absolute Gasteiger partial charge is 0.333 e. The van der Waals surface area contributed by atoms with Crippen LogP contribution in [-0.2, 0) is 0 Å². The Kier molecular flexibility index (Phi) is 5.08. The molecule has 1 heterocycles. The molecule has 4 heteroatoms. The summed E-state index contributed by atoms with van der Waals surface area (Å²) in [7, 11) is 0. The van der Waals surface area contributed by atoms with Crippen molar-refractivity contribution in [1.29, 1.82) is 0 Å². The van der Waals surface area contributed by atoms with Crippen molar-refractivity contribution in [2.24, 2.45) is 0 Å². The van der Waals surface area contributed by atoms with Crippen LogP contribution in [0.2, 0.25) is 0 Å². The van der Waals surface area contributed by atoms with Crippen LogP contribution in [0.5, 0.6) is 0 Å². The van der Waals surface area contributed by atoms with Crippen LogP contribution in [0.25, 0.3) is 11.0 Å². The molecular formula is C14H21N3S. The van der Waals surface area contributed by atoms with E-state index < -0.39 is 0 Å². The van der Waals surface area contributed by atoms with E-state index in [0.29, 0.717) is 6.04 Å². The number of H-pyrrole nitrogens is 1. The van der Waals surface area contributed by atoms with E-state index in [2.05, 4.69) is 35.2 Å². The summed E-state index contributed by atoms with van der Waals surface area (Å²) in [5, 5.41) is 4.55. The average Bonchev–Trinajstić information content (AvgIpc) is 2.79. The summed E-state index contributed by atoms with van der Waals surface area (Å²) in [5.41, 5.74) is 2.17. The lowest BCUT2D eigenvalue weighted by Crippen LogP contribution is -2.30. The van der Waals surface area contributed by atoms with E-state index in [-0.39, 0.29) is 0 Å². The van der Waals surface area contributed by atoms with Gasteiger partial charge in [0, 0.05) is 11.8 Å². The van der Waals surface area contributed by atoms with Gasteiger partial charge < -0.3 is 10.3 Å². The van der Waals surface area contributed by atoms with Crippen LogP contribution in [0, 0.1) is 0 Å². The van der Waals surface area contributed by atoms with Crippen molar-refractivity contribution < 1.29 is 0 Å². The number of nitrogens with one attached hydrogen (secondary N) is 2. The van der Waals surface area contributed by atoms with Gasteiger partial charge in [0.15, 0.2) is 5.16 Å². The Morgan fingerprint density at radius 2 is 2.17 bits per heavy atom.